The van der Waals surface area contributed by atoms with Gasteiger partial charge < -0.3 is 5.11 Å². The molecule has 24 heavy (non-hydrogen) atoms. The minimum atomic E-state index is -1.49. The number of aliphatic hydroxyl groups is 1. The predicted molar refractivity (Wildman–Crippen MR) is 101 cm³/mol. The summed E-state index contributed by atoms with van der Waals surface area (Å²) >= 11 is 0.868. The summed E-state index contributed by atoms with van der Waals surface area (Å²) in [5.41, 5.74) is -0.642. The van der Waals surface area contributed by atoms with Crippen LogP contribution in [0.2, 0.25) is 0 Å². The summed E-state index contributed by atoms with van der Waals surface area (Å²) in [6.45, 7) is 5.33. The SMILES string of the molecule is [CH+]=CC1(O)CCCCCC1.[IH+][Sn-]([c]1ccccc1)[c]1ccccc1. The van der Waals surface area contributed by atoms with Gasteiger partial charge in [-0.15, -0.1) is 0 Å². The molecule has 1 aliphatic rings. The molecule has 0 amide bonds. The van der Waals surface area contributed by atoms with Crippen LogP contribution in [0, 0.1) is 6.58 Å². The van der Waals surface area contributed by atoms with Crippen LogP contribution in [0.5, 0.6) is 0 Å². The van der Waals surface area contributed by atoms with Crippen molar-refractivity contribution in [2.45, 2.75) is 44.1 Å². The van der Waals surface area contributed by atoms with Crippen molar-refractivity contribution in [1.29, 1.82) is 0 Å². The van der Waals surface area contributed by atoms with E-state index in [1.165, 1.54) is 18.9 Å². The molecule has 3 rings (SSSR count). The molecule has 0 aliphatic heterocycles. The normalized spacial score (nSPS) is 16.2. The number of halogens is 1. The van der Waals surface area contributed by atoms with Gasteiger partial charge in [-0.2, -0.15) is 0 Å². The van der Waals surface area contributed by atoms with E-state index < -0.39 is 21.4 Å². The zero-order valence-electron chi connectivity index (χ0n) is 14.0. The van der Waals surface area contributed by atoms with Crippen LogP contribution in [-0.2, 0) is 0 Å². The van der Waals surface area contributed by atoms with Gasteiger partial charge in [-0.05, 0) is 12.8 Å². The molecular weight excluding hydrogens is 514 g/mol. The first kappa shape index (κ1) is 19.9. The number of rotatable bonds is 3. The van der Waals surface area contributed by atoms with Gasteiger partial charge in [0, 0.05) is 0 Å². The summed E-state index contributed by atoms with van der Waals surface area (Å²) in [6, 6.07) is 21.8. The fourth-order valence-corrected chi connectivity index (χ4v) is 11.8. The molecule has 1 N–H and O–H groups in total. The number of benzene rings is 2. The Hall–Kier alpha value is -0.421. The van der Waals surface area contributed by atoms with Crippen molar-refractivity contribution >= 4 is 23.0 Å². The fraction of sp³-hybridized carbons (Fsp3) is 0.333. The quantitative estimate of drug-likeness (QED) is 0.255. The van der Waals surface area contributed by atoms with Crippen molar-refractivity contribution in [2.24, 2.45) is 0 Å². The molecule has 1 nitrogen and oxygen atoms in total. The second kappa shape index (κ2) is 10.5. The van der Waals surface area contributed by atoms with Gasteiger partial charge in [0.25, 0.3) is 0 Å². The molecule has 0 bridgehead atoms. The number of hydrogen-bond donors (Lipinski definition) is 1. The van der Waals surface area contributed by atoms with E-state index in [-0.39, 0.29) is 0 Å². The van der Waals surface area contributed by atoms with Crippen LogP contribution in [0.25, 0.3) is 0 Å². The molecule has 0 heterocycles. The summed E-state index contributed by atoms with van der Waals surface area (Å²) in [7, 11) is 0. The maximum atomic E-state index is 9.68. The Bertz CT molecular complexity index is 552. The zero-order chi connectivity index (χ0) is 17.3. The molecule has 1 aliphatic carbocycles. The number of hydrogen-bond acceptors (Lipinski definition) is 1. The third kappa shape index (κ3) is 6.47. The van der Waals surface area contributed by atoms with Gasteiger partial charge in [0.15, 0.2) is 6.08 Å². The molecule has 1 saturated carbocycles. The van der Waals surface area contributed by atoms with Crippen LogP contribution in [-0.4, -0.2) is 26.5 Å². The topological polar surface area (TPSA) is 20.2 Å². The average molecular weight is 540 g/mol. The van der Waals surface area contributed by atoms with E-state index in [4.69, 9.17) is 6.58 Å². The summed E-state index contributed by atoms with van der Waals surface area (Å²) < 4.78 is 3.15. The maximum absolute atomic E-state index is 9.68. The summed E-state index contributed by atoms with van der Waals surface area (Å²) in [5, 5.41) is 9.68. The Morgan fingerprint density at radius 3 is 1.62 bits per heavy atom. The van der Waals surface area contributed by atoms with Gasteiger partial charge in [-0.25, -0.2) is 0 Å². The van der Waals surface area contributed by atoms with Gasteiger partial charge in [0.05, 0.1) is 0 Å². The Balaban J connectivity index is 0.000000185. The minimum absolute atomic E-state index is 0.642. The van der Waals surface area contributed by atoms with Crippen molar-refractivity contribution in [3.8, 4) is 0 Å². The molecule has 0 saturated heterocycles. The van der Waals surface area contributed by atoms with E-state index in [0.717, 1.165) is 25.7 Å². The molecule has 2 aromatic carbocycles. The van der Waals surface area contributed by atoms with Gasteiger partial charge in [0.2, 0.25) is 6.58 Å². The van der Waals surface area contributed by atoms with Gasteiger partial charge in [0.1, 0.15) is 5.60 Å². The third-order valence-electron chi connectivity index (χ3n) is 4.35. The zero-order valence-corrected chi connectivity index (χ0v) is 19.2. The van der Waals surface area contributed by atoms with Gasteiger partial charge in [-0.1, -0.05) is 25.7 Å². The van der Waals surface area contributed by atoms with E-state index in [0.29, 0.717) is 0 Å². The first-order valence-electron chi connectivity index (χ1n) is 8.58. The van der Waals surface area contributed by atoms with Crippen molar-refractivity contribution in [3.63, 3.8) is 0 Å². The molecular formula is C21H26IOSn+. The molecule has 2 aromatic rings. The van der Waals surface area contributed by atoms with Crippen molar-refractivity contribution < 1.29 is 23.7 Å². The van der Waals surface area contributed by atoms with Gasteiger partial charge >= 0.3 is 102 Å². The monoisotopic (exact) mass is 541 g/mol. The molecule has 0 radical (unpaired) electrons. The second-order valence-corrected chi connectivity index (χ2v) is 19.2. The van der Waals surface area contributed by atoms with E-state index in [9.17, 15) is 5.11 Å². The average Bonchev–Trinajstić information content (AvgIpc) is 2.88. The Morgan fingerprint density at radius 2 is 1.25 bits per heavy atom. The van der Waals surface area contributed by atoms with Crippen LogP contribution in [0.1, 0.15) is 38.5 Å². The first-order chi connectivity index (χ1) is 11.6. The van der Waals surface area contributed by atoms with E-state index in [1.807, 2.05) is 0 Å². The van der Waals surface area contributed by atoms with Crippen molar-refractivity contribution in [3.05, 3.63) is 73.3 Å². The van der Waals surface area contributed by atoms with Crippen molar-refractivity contribution in [1.82, 2.24) is 0 Å². The van der Waals surface area contributed by atoms with E-state index in [2.05, 4.69) is 79.3 Å². The molecule has 3 heteroatoms. The molecule has 0 spiro atoms. The Kier molecular flexibility index (Phi) is 8.74. The molecule has 0 atom stereocenters. The summed E-state index contributed by atoms with van der Waals surface area (Å²) in [5.74, 6) is 0. The van der Waals surface area contributed by atoms with Gasteiger partial charge in [-0.3, -0.25) is 0 Å². The van der Waals surface area contributed by atoms with E-state index >= 15 is 0 Å². The molecule has 126 valence electrons. The third-order valence-corrected chi connectivity index (χ3v) is 18.3. The van der Waals surface area contributed by atoms with Crippen LogP contribution in [0.15, 0.2) is 66.7 Å². The predicted octanol–water partition coefficient (Wildman–Crippen LogP) is 0.139. The fourth-order valence-electron chi connectivity index (χ4n) is 2.85. The van der Waals surface area contributed by atoms with Crippen LogP contribution < -0.4 is 25.8 Å². The molecule has 0 unspecified atom stereocenters. The van der Waals surface area contributed by atoms with E-state index in [1.54, 1.807) is 7.16 Å². The van der Waals surface area contributed by atoms with Crippen LogP contribution in [0.4, 0.5) is 0 Å². The van der Waals surface area contributed by atoms with Crippen molar-refractivity contribution in [2.75, 3.05) is 0 Å². The molecule has 1 fully saturated rings. The van der Waals surface area contributed by atoms with Crippen LogP contribution in [0.3, 0.4) is 0 Å². The standard InChI is InChI=1S/C9H15O.2C6H5.HI.Sn/c1-2-9(10)7-5-3-4-6-8-9;2*1-2-4-6-5-3-1;;/h1-2,10H,3-8H2;2*1-5H;1H;/q+1;;;;. The Morgan fingerprint density at radius 1 is 0.833 bits per heavy atom. The van der Waals surface area contributed by atoms with Crippen LogP contribution >= 0.6 is 0 Å². The Labute approximate surface area is 163 Å². The second-order valence-electron chi connectivity index (χ2n) is 6.25. The molecule has 0 aromatic heterocycles. The summed E-state index contributed by atoms with van der Waals surface area (Å²) in [6.07, 6.45) is 7.88. The first-order valence-corrected chi connectivity index (χ1v) is 20.4. The summed E-state index contributed by atoms with van der Waals surface area (Å²) in [4.78, 5) is 0.